The van der Waals surface area contributed by atoms with Gasteiger partial charge in [-0.1, -0.05) is 36.6 Å². The molecule has 3 fully saturated rings. The molecular weight excluding hydrogens is 350 g/mol. The van der Waals surface area contributed by atoms with Crippen LogP contribution in [0.25, 0.3) is 22.0 Å². The number of fused-ring (bicyclic) bond motifs is 4. The monoisotopic (exact) mass is 385 g/mol. The molecule has 2 aromatic carbocycles. The topological polar surface area (TPSA) is 3.88 Å². The summed E-state index contributed by atoms with van der Waals surface area (Å²) in [6, 6.07) is 12.3. The minimum absolute atomic E-state index is 0.682. The summed E-state index contributed by atoms with van der Waals surface area (Å²) in [5.74, 6) is 2.47. The van der Waals surface area contributed by atoms with Crippen LogP contribution in [0.15, 0.2) is 36.4 Å². The highest BCUT2D eigenvalue weighted by molar-refractivity contribution is 5.94. The number of rotatable bonds is 2. The SMILES string of the molecule is [2H]c1c(C)[n+](C)c(-c2cc(C)cc(C)c2C)c2ccc(C3CC4CCC3CC4)cc12. The third kappa shape index (κ3) is 3.10. The number of aromatic nitrogens is 1. The summed E-state index contributed by atoms with van der Waals surface area (Å²) in [5.41, 5.74) is 9.03. The molecule has 1 heterocycles. The van der Waals surface area contributed by atoms with Crippen LogP contribution in [-0.4, -0.2) is 0 Å². The molecule has 2 bridgehead atoms. The van der Waals surface area contributed by atoms with Crippen molar-refractivity contribution in [2.24, 2.45) is 18.9 Å². The summed E-state index contributed by atoms with van der Waals surface area (Å²) in [6.07, 6.45) is 7.02. The third-order valence-electron chi connectivity index (χ3n) is 8.00. The lowest BCUT2D eigenvalue weighted by Gasteiger charge is -2.42. The van der Waals surface area contributed by atoms with Crippen molar-refractivity contribution >= 4 is 10.8 Å². The fraction of sp³-hybridized carbons (Fsp3) is 0.464. The molecule has 0 amide bonds. The van der Waals surface area contributed by atoms with E-state index in [9.17, 15) is 0 Å². The molecule has 3 aliphatic carbocycles. The molecule has 1 unspecified atom stereocenters. The maximum absolute atomic E-state index is 8.92. The lowest BCUT2D eigenvalue weighted by atomic mass is 9.63. The Labute approximate surface area is 177 Å². The Balaban J connectivity index is 1.73. The van der Waals surface area contributed by atoms with Crippen LogP contribution in [0.2, 0.25) is 0 Å². The lowest BCUT2D eigenvalue weighted by molar-refractivity contribution is -0.665. The minimum Gasteiger partial charge on any atom is -0.198 e. The molecule has 0 aliphatic heterocycles. The highest BCUT2D eigenvalue weighted by Gasteiger charge is 2.36. The van der Waals surface area contributed by atoms with Crippen LogP contribution in [-0.2, 0) is 7.05 Å². The van der Waals surface area contributed by atoms with Gasteiger partial charge >= 0.3 is 0 Å². The van der Waals surface area contributed by atoms with E-state index in [1.165, 1.54) is 71.0 Å². The maximum atomic E-state index is 8.92. The molecule has 150 valence electrons. The Bertz CT molecular complexity index is 1150. The number of benzene rings is 2. The number of aryl methyl sites for hydroxylation is 2. The molecule has 6 rings (SSSR count). The predicted octanol–water partition coefficient (Wildman–Crippen LogP) is 6.86. The van der Waals surface area contributed by atoms with Gasteiger partial charge in [-0.05, 0) is 92.0 Å². The zero-order valence-corrected chi connectivity index (χ0v) is 18.6. The van der Waals surface area contributed by atoms with Crippen LogP contribution in [0.4, 0.5) is 0 Å². The van der Waals surface area contributed by atoms with Crippen LogP contribution in [0.3, 0.4) is 0 Å². The van der Waals surface area contributed by atoms with Crippen molar-refractivity contribution in [3.63, 3.8) is 0 Å². The number of nitrogens with zero attached hydrogens (tertiary/aromatic N) is 1. The fourth-order valence-corrected chi connectivity index (χ4v) is 6.13. The second-order valence-electron chi connectivity index (χ2n) is 9.80. The maximum Gasteiger partial charge on any atom is 0.220 e. The zero-order valence-electron chi connectivity index (χ0n) is 19.6. The molecule has 1 aromatic heterocycles. The molecule has 29 heavy (non-hydrogen) atoms. The number of hydrogen-bond acceptors (Lipinski definition) is 0. The van der Waals surface area contributed by atoms with E-state index in [1.54, 1.807) is 0 Å². The van der Waals surface area contributed by atoms with Gasteiger partial charge in [-0.3, -0.25) is 0 Å². The van der Waals surface area contributed by atoms with E-state index in [2.05, 4.69) is 69.6 Å². The average Bonchev–Trinajstić information content (AvgIpc) is 2.76. The molecule has 3 saturated carbocycles. The van der Waals surface area contributed by atoms with Crippen molar-refractivity contribution in [2.75, 3.05) is 0 Å². The van der Waals surface area contributed by atoms with Crippen LogP contribution >= 0.6 is 0 Å². The van der Waals surface area contributed by atoms with Crippen molar-refractivity contribution in [1.82, 2.24) is 0 Å². The second kappa shape index (κ2) is 6.97. The van der Waals surface area contributed by atoms with Gasteiger partial charge in [-0.25, -0.2) is 0 Å². The Morgan fingerprint density at radius 3 is 2.41 bits per heavy atom. The van der Waals surface area contributed by atoms with E-state index >= 15 is 0 Å². The van der Waals surface area contributed by atoms with E-state index in [-0.39, 0.29) is 0 Å². The van der Waals surface area contributed by atoms with Gasteiger partial charge < -0.3 is 0 Å². The Morgan fingerprint density at radius 2 is 1.72 bits per heavy atom. The number of hydrogen-bond donors (Lipinski definition) is 0. The van der Waals surface area contributed by atoms with Crippen molar-refractivity contribution in [1.29, 1.82) is 0 Å². The van der Waals surface area contributed by atoms with E-state index in [0.717, 1.165) is 22.9 Å². The second-order valence-corrected chi connectivity index (χ2v) is 9.80. The van der Waals surface area contributed by atoms with E-state index < -0.39 is 0 Å². The van der Waals surface area contributed by atoms with Crippen LogP contribution in [0, 0.1) is 39.5 Å². The van der Waals surface area contributed by atoms with Crippen molar-refractivity contribution in [3.8, 4) is 11.3 Å². The largest absolute Gasteiger partial charge is 0.220 e. The predicted molar refractivity (Wildman–Crippen MR) is 122 cm³/mol. The normalized spacial score (nSPS) is 24.2. The molecule has 0 N–H and O–H groups in total. The smallest absolute Gasteiger partial charge is 0.198 e. The number of pyridine rings is 1. The van der Waals surface area contributed by atoms with Gasteiger partial charge in [0, 0.05) is 13.0 Å². The first-order chi connectivity index (χ1) is 14.3. The highest BCUT2D eigenvalue weighted by Crippen LogP contribution is 2.50. The molecule has 0 spiro atoms. The average molecular weight is 386 g/mol. The Morgan fingerprint density at radius 1 is 0.966 bits per heavy atom. The zero-order chi connectivity index (χ0) is 21.2. The lowest BCUT2D eigenvalue weighted by Crippen LogP contribution is -2.35. The van der Waals surface area contributed by atoms with Gasteiger partial charge in [0.25, 0.3) is 0 Å². The molecule has 0 saturated heterocycles. The molecule has 1 heteroatoms. The minimum atomic E-state index is 0.682. The molecule has 3 aliphatic rings. The summed E-state index contributed by atoms with van der Waals surface area (Å²) < 4.78 is 11.2. The van der Waals surface area contributed by atoms with E-state index in [1.807, 2.05) is 0 Å². The van der Waals surface area contributed by atoms with Crippen molar-refractivity contribution < 1.29 is 5.94 Å². The van der Waals surface area contributed by atoms with Crippen molar-refractivity contribution in [2.45, 2.75) is 65.7 Å². The standard InChI is InChI=1S/C28H34N/c1-17-12-18(2)20(4)26(13-17)28-25-11-10-23(16-24(25)14-19(3)29(28)5)27-15-21-6-8-22(27)9-7-21/h10-14,16,21-22,27H,6-9,15H2,1-5H3/q+1/i14D. The van der Waals surface area contributed by atoms with Gasteiger partial charge in [0.2, 0.25) is 5.69 Å². The fourth-order valence-electron chi connectivity index (χ4n) is 6.13. The molecule has 3 aromatic rings. The first kappa shape index (κ1) is 17.7. The molecule has 1 nitrogen and oxygen atoms in total. The van der Waals surface area contributed by atoms with Crippen LogP contribution < -0.4 is 4.57 Å². The van der Waals surface area contributed by atoms with Crippen molar-refractivity contribution in [3.05, 3.63) is 64.3 Å². The van der Waals surface area contributed by atoms with Crippen LogP contribution in [0.5, 0.6) is 0 Å². The summed E-state index contributed by atoms with van der Waals surface area (Å²) in [7, 11) is 2.12. The molecule has 1 atom stereocenters. The quantitative estimate of drug-likeness (QED) is 0.424. The first-order valence-corrected chi connectivity index (χ1v) is 11.4. The third-order valence-corrected chi connectivity index (χ3v) is 8.00. The van der Waals surface area contributed by atoms with E-state index in [0.29, 0.717) is 12.0 Å². The molecular formula is C28H34N+. The molecule has 0 radical (unpaired) electrons. The Kier molecular flexibility index (Phi) is 4.25. The Hall–Kier alpha value is -2.15. The van der Waals surface area contributed by atoms with Gasteiger partial charge in [0.15, 0.2) is 5.69 Å². The highest BCUT2D eigenvalue weighted by atomic mass is 14.9. The van der Waals surface area contributed by atoms with Crippen LogP contribution in [0.1, 0.15) is 67.3 Å². The summed E-state index contributed by atoms with van der Waals surface area (Å²) in [6.45, 7) is 8.71. The summed E-state index contributed by atoms with van der Waals surface area (Å²) in [4.78, 5) is 0. The summed E-state index contributed by atoms with van der Waals surface area (Å²) in [5, 5.41) is 2.34. The van der Waals surface area contributed by atoms with Gasteiger partial charge in [-0.2, -0.15) is 4.57 Å². The van der Waals surface area contributed by atoms with Gasteiger partial charge in [-0.15, -0.1) is 0 Å². The first-order valence-electron chi connectivity index (χ1n) is 11.9. The van der Waals surface area contributed by atoms with Gasteiger partial charge in [0.1, 0.15) is 7.05 Å². The summed E-state index contributed by atoms with van der Waals surface area (Å²) >= 11 is 0. The van der Waals surface area contributed by atoms with E-state index in [4.69, 9.17) is 1.37 Å². The van der Waals surface area contributed by atoms with Gasteiger partial charge in [0.05, 0.1) is 12.3 Å².